The fourth-order valence-corrected chi connectivity index (χ4v) is 2.97. The van der Waals surface area contributed by atoms with Crippen molar-refractivity contribution in [1.29, 1.82) is 0 Å². The molecule has 0 saturated heterocycles. The van der Waals surface area contributed by atoms with E-state index in [0.717, 1.165) is 24.2 Å². The Morgan fingerprint density at radius 1 is 1.58 bits per heavy atom. The first-order valence-electron chi connectivity index (χ1n) is 3.60. The molecule has 0 aromatic carbocycles. The van der Waals surface area contributed by atoms with Crippen molar-refractivity contribution in [2.45, 2.75) is 23.2 Å². The Bertz CT molecular complexity index is 353. The molecule has 1 N–H and O–H groups in total. The largest absolute Gasteiger partial charge is 0.268 e. The Kier molecular flexibility index (Phi) is 1.90. The van der Waals surface area contributed by atoms with E-state index in [0.29, 0.717) is 0 Å². The maximum atomic E-state index is 11.4. The molecule has 2 rings (SSSR count). The molecule has 1 aliphatic rings. The normalized spacial score (nSPS) is 18.0. The number of aromatic nitrogens is 1. The number of rotatable bonds is 3. The monoisotopic (exact) mass is 204 g/mol. The van der Waals surface area contributed by atoms with Crippen molar-refractivity contribution in [3.63, 3.8) is 0 Å². The minimum Gasteiger partial charge on any atom is -0.233 e. The lowest BCUT2D eigenvalue weighted by Crippen LogP contribution is -2.25. The predicted octanol–water partition coefficient (Wildman–Crippen LogP) is 0.584. The van der Waals surface area contributed by atoms with Crippen molar-refractivity contribution >= 4 is 21.4 Å². The number of thiazole rings is 1. The highest BCUT2D eigenvalue weighted by molar-refractivity contribution is 7.91. The van der Waals surface area contributed by atoms with Gasteiger partial charge in [0.05, 0.1) is 0 Å². The van der Waals surface area contributed by atoms with Gasteiger partial charge in [-0.2, -0.15) is 0 Å². The van der Waals surface area contributed by atoms with E-state index in [2.05, 4.69) is 9.71 Å². The van der Waals surface area contributed by atoms with E-state index >= 15 is 0 Å². The average Bonchev–Trinajstić information content (AvgIpc) is 2.67. The van der Waals surface area contributed by atoms with Gasteiger partial charge in [-0.1, -0.05) is 0 Å². The maximum absolute atomic E-state index is 11.4. The highest BCUT2D eigenvalue weighted by Crippen LogP contribution is 2.22. The molecule has 0 aliphatic heterocycles. The molecule has 0 atom stereocenters. The molecular weight excluding hydrogens is 196 g/mol. The fourth-order valence-electron chi connectivity index (χ4n) is 0.814. The first-order valence-corrected chi connectivity index (χ1v) is 5.96. The molecule has 1 heterocycles. The first kappa shape index (κ1) is 8.15. The van der Waals surface area contributed by atoms with E-state index in [1.54, 1.807) is 5.38 Å². The SMILES string of the molecule is O=S(=O)(NC1CC1)c1nccs1. The zero-order chi connectivity index (χ0) is 8.60. The second-order valence-corrected chi connectivity index (χ2v) is 5.48. The first-order chi connectivity index (χ1) is 5.68. The van der Waals surface area contributed by atoms with Crippen LogP contribution < -0.4 is 4.72 Å². The molecule has 0 amide bonds. The summed E-state index contributed by atoms with van der Waals surface area (Å²) in [7, 11) is -3.30. The Morgan fingerprint density at radius 3 is 2.83 bits per heavy atom. The lowest BCUT2D eigenvalue weighted by Gasteiger charge is -1.99. The van der Waals surface area contributed by atoms with Gasteiger partial charge < -0.3 is 0 Å². The highest BCUT2D eigenvalue weighted by Gasteiger charge is 2.29. The number of sulfonamides is 1. The van der Waals surface area contributed by atoms with Crippen LogP contribution in [-0.4, -0.2) is 19.4 Å². The van der Waals surface area contributed by atoms with E-state index in [1.807, 2.05) is 0 Å². The highest BCUT2D eigenvalue weighted by atomic mass is 32.2. The van der Waals surface area contributed by atoms with Crippen LogP contribution in [0.3, 0.4) is 0 Å². The van der Waals surface area contributed by atoms with Crippen LogP contribution >= 0.6 is 11.3 Å². The lowest BCUT2D eigenvalue weighted by atomic mass is 10.8. The molecule has 1 aliphatic carbocycles. The molecule has 66 valence electrons. The molecule has 1 saturated carbocycles. The van der Waals surface area contributed by atoms with Crippen LogP contribution in [0, 0.1) is 0 Å². The Morgan fingerprint density at radius 2 is 2.33 bits per heavy atom. The Hall–Kier alpha value is -0.460. The van der Waals surface area contributed by atoms with Gasteiger partial charge in [-0.05, 0) is 12.8 Å². The molecule has 0 spiro atoms. The van der Waals surface area contributed by atoms with Gasteiger partial charge in [0.1, 0.15) is 0 Å². The number of nitrogens with one attached hydrogen (secondary N) is 1. The van der Waals surface area contributed by atoms with Crippen molar-refractivity contribution in [2.24, 2.45) is 0 Å². The molecule has 6 heteroatoms. The van der Waals surface area contributed by atoms with Gasteiger partial charge in [-0.3, -0.25) is 0 Å². The summed E-state index contributed by atoms with van der Waals surface area (Å²) >= 11 is 1.14. The third kappa shape index (κ3) is 1.65. The molecule has 4 nitrogen and oxygen atoms in total. The molecule has 0 unspecified atom stereocenters. The summed E-state index contributed by atoms with van der Waals surface area (Å²) in [6.07, 6.45) is 3.39. The van der Waals surface area contributed by atoms with Crippen molar-refractivity contribution in [2.75, 3.05) is 0 Å². The van der Waals surface area contributed by atoms with Crippen LogP contribution in [0.15, 0.2) is 15.9 Å². The van der Waals surface area contributed by atoms with Crippen LogP contribution in [0.4, 0.5) is 0 Å². The lowest BCUT2D eigenvalue weighted by molar-refractivity contribution is 0.580. The average molecular weight is 204 g/mol. The molecule has 0 radical (unpaired) electrons. The van der Waals surface area contributed by atoms with Gasteiger partial charge in [0, 0.05) is 17.6 Å². The molecule has 1 aromatic heterocycles. The summed E-state index contributed by atoms with van der Waals surface area (Å²) in [6.45, 7) is 0. The Labute approximate surface area is 74.7 Å². The summed E-state index contributed by atoms with van der Waals surface area (Å²) in [5.74, 6) is 0. The summed E-state index contributed by atoms with van der Waals surface area (Å²) < 4.78 is 25.5. The van der Waals surface area contributed by atoms with E-state index < -0.39 is 10.0 Å². The molecular formula is C6H8N2O2S2. The van der Waals surface area contributed by atoms with E-state index in [-0.39, 0.29) is 10.4 Å². The van der Waals surface area contributed by atoms with Crippen molar-refractivity contribution in [3.05, 3.63) is 11.6 Å². The van der Waals surface area contributed by atoms with Gasteiger partial charge in [0.15, 0.2) is 0 Å². The van der Waals surface area contributed by atoms with Crippen molar-refractivity contribution in [1.82, 2.24) is 9.71 Å². The number of hydrogen-bond donors (Lipinski definition) is 1. The second kappa shape index (κ2) is 2.79. The third-order valence-electron chi connectivity index (χ3n) is 1.54. The Balaban J connectivity index is 2.20. The standard InChI is InChI=1S/C6H8N2O2S2/c9-12(10,8-5-1-2-5)6-7-3-4-11-6/h3-5,8H,1-2H2. The smallest absolute Gasteiger partial charge is 0.233 e. The maximum Gasteiger partial charge on any atom is 0.268 e. The quantitative estimate of drug-likeness (QED) is 0.783. The zero-order valence-electron chi connectivity index (χ0n) is 6.23. The van der Waals surface area contributed by atoms with Gasteiger partial charge in [-0.15, -0.1) is 11.3 Å². The van der Waals surface area contributed by atoms with Crippen LogP contribution in [0.25, 0.3) is 0 Å². The topological polar surface area (TPSA) is 59.1 Å². The van der Waals surface area contributed by atoms with Crippen LogP contribution in [0.1, 0.15) is 12.8 Å². The zero-order valence-corrected chi connectivity index (χ0v) is 7.86. The summed E-state index contributed by atoms with van der Waals surface area (Å²) in [6, 6.07) is 0.152. The van der Waals surface area contributed by atoms with Crippen molar-refractivity contribution < 1.29 is 8.42 Å². The van der Waals surface area contributed by atoms with Crippen molar-refractivity contribution in [3.8, 4) is 0 Å². The van der Waals surface area contributed by atoms with E-state index in [1.165, 1.54) is 6.20 Å². The molecule has 0 bridgehead atoms. The molecule has 1 aromatic rings. The second-order valence-electron chi connectivity index (χ2n) is 2.69. The fraction of sp³-hybridized carbons (Fsp3) is 0.500. The van der Waals surface area contributed by atoms with Crippen LogP contribution in [-0.2, 0) is 10.0 Å². The number of nitrogens with zero attached hydrogens (tertiary/aromatic N) is 1. The number of hydrogen-bond acceptors (Lipinski definition) is 4. The van der Waals surface area contributed by atoms with E-state index in [4.69, 9.17) is 0 Å². The predicted molar refractivity (Wildman–Crippen MR) is 45.5 cm³/mol. The van der Waals surface area contributed by atoms with Crippen LogP contribution in [0.5, 0.6) is 0 Å². The summed E-state index contributed by atoms with van der Waals surface area (Å²) in [5, 5.41) is 1.65. The molecule has 1 fully saturated rings. The van der Waals surface area contributed by atoms with Gasteiger partial charge in [-0.25, -0.2) is 18.1 Å². The van der Waals surface area contributed by atoms with Gasteiger partial charge in [0.25, 0.3) is 10.0 Å². The van der Waals surface area contributed by atoms with Crippen LogP contribution in [0.2, 0.25) is 0 Å². The summed E-state index contributed by atoms with van der Waals surface area (Å²) in [4.78, 5) is 3.74. The minimum atomic E-state index is -3.30. The minimum absolute atomic E-state index is 0.152. The third-order valence-corrected chi connectivity index (χ3v) is 4.26. The summed E-state index contributed by atoms with van der Waals surface area (Å²) in [5.41, 5.74) is 0. The van der Waals surface area contributed by atoms with Gasteiger partial charge in [0.2, 0.25) is 4.34 Å². The van der Waals surface area contributed by atoms with Gasteiger partial charge >= 0.3 is 0 Å². The van der Waals surface area contributed by atoms with E-state index in [9.17, 15) is 8.42 Å². The molecule has 12 heavy (non-hydrogen) atoms.